The number of benzene rings is 2. The van der Waals surface area contributed by atoms with Crippen LogP contribution in [0.5, 0.6) is 0 Å². The highest BCUT2D eigenvalue weighted by Crippen LogP contribution is 2.82. The van der Waals surface area contributed by atoms with E-state index in [2.05, 4.69) is 0 Å². The van der Waals surface area contributed by atoms with Crippen molar-refractivity contribution in [1.29, 1.82) is 0 Å². The first-order valence-corrected chi connectivity index (χ1v) is 13.7. The van der Waals surface area contributed by atoms with E-state index in [9.17, 15) is 13.2 Å². The van der Waals surface area contributed by atoms with Gasteiger partial charge in [0.1, 0.15) is 4.90 Å². The third kappa shape index (κ3) is 3.44. The topological polar surface area (TPSA) is 63.7 Å². The molecule has 0 radical (unpaired) electrons. The monoisotopic (exact) mass is 485 g/mol. The van der Waals surface area contributed by atoms with Gasteiger partial charge in [-0.25, -0.2) is 13.2 Å². The summed E-state index contributed by atoms with van der Waals surface area (Å²) in [5.41, 5.74) is 3.58. The highest BCUT2D eigenvalue weighted by atomic mass is 35.5. The zero-order chi connectivity index (χ0) is 22.8. The van der Waals surface area contributed by atoms with Gasteiger partial charge in [-0.1, -0.05) is 42.3 Å². The van der Waals surface area contributed by atoms with Crippen molar-refractivity contribution in [3.8, 4) is 0 Å². The number of hydrogen-bond acceptors (Lipinski definition) is 4. The first-order chi connectivity index (χ1) is 15.8. The maximum absolute atomic E-state index is 13.4. The van der Waals surface area contributed by atoms with Crippen LogP contribution in [0, 0.1) is 16.7 Å². The van der Waals surface area contributed by atoms with Crippen LogP contribution in [0.15, 0.2) is 47.4 Å². The molecule has 6 rings (SSSR count). The van der Waals surface area contributed by atoms with Crippen molar-refractivity contribution >= 4 is 27.6 Å². The van der Waals surface area contributed by atoms with Crippen LogP contribution >= 0.6 is 11.6 Å². The van der Waals surface area contributed by atoms with Crippen LogP contribution in [0.25, 0.3) is 0 Å². The lowest BCUT2D eigenvalue weighted by Gasteiger charge is -2.43. The Balaban J connectivity index is 1.13. The van der Waals surface area contributed by atoms with Crippen LogP contribution in [0.4, 0.5) is 0 Å². The molecule has 3 aliphatic carbocycles. The molecule has 7 heteroatoms. The van der Waals surface area contributed by atoms with Crippen LogP contribution in [-0.4, -0.2) is 31.8 Å². The average Bonchev–Trinajstić information content (AvgIpc) is 3.48. The Hall–Kier alpha value is -1.89. The number of rotatable bonds is 5. The van der Waals surface area contributed by atoms with Crippen molar-refractivity contribution in [3.05, 3.63) is 64.2 Å². The largest absolute Gasteiger partial charge is 0.462 e. The molecular formula is C26H28ClNO4S. The van der Waals surface area contributed by atoms with E-state index in [0.29, 0.717) is 42.9 Å². The van der Waals surface area contributed by atoms with Gasteiger partial charge in [0.15, 0.2) is 0 Å². The van der Waals surface area contributed by atoms with E-state index in [-0.39, 0.29) is 15.5 Å². The normalized spacial score (nSPS) is 27.5. The summed E-state index contributed by atoms with van der Waals surface area (Å²) in [5.74, 6) is -0.0555. The van der Waals surface area contributed by atoms with E-state index in [0.717, 1.165) is 18.4 Å². The third-order valence-electron chi connectivity index (χ3n) is 8.68. The van der Waals surface area contributed by atoms with Crippen LogP contribution in [0.1, 0.15) is 60.0 Å². The van der Waals surface area contributed by atoms with E-state index >= 15 is 0 Å². The molecule has 2 aromatic carbocycles. The second kappa shape index (κ2) is 7.56. The highest BCUT2D eigenvalue weighted by molar-refractivity contribution is 7.89. The molecular weight excluding hydrogens is 458 g/mol. The summed E-state index contributed by atoms with van der Waals surface area (Å²) in [6, 6.07) is 12.3. The van der Waals surface area contributed by atoms with Crippen molar-refractivity contribution in [1.82, 2.24) is 4.31 Å². The van der Waals surface area contributed by atoms with E-state index in [1.165, 1.54) is 47.7 Å². The molecule has 0 aromatic heterocycles. The molecule has 3 saturated carbocycles. The standard InChI is InChI=1S/C26H28ClNO4S/c27-22-7-6-20(24(29)32-16-18-13-26(14-18)17-25(26)9-3-10-25)12-23(22)33(30,31)28-11-8-19-4-1-2-5-21(19)15-28/h1-2,4-7,12,18H,3,8-11,13-17H2. The molecule has 1 aliphatic heterocycles. The number of carbonyl (C=O) groups is 1. The van der Waals surface area contributed by atoms with Crippen molar-refractivity contribution in [2.24, 2.45) is 16.7 Å². The number of nitrogens with zero attached hydrogens (tertiary/aromatic N) is 1. The number of halogens is 1. The predicted molar refractivity (Wildman–Crippen MR) is 126 cm³/mol. The number of esters is 1. The van der Waals surface area contributed by atoms with Gasteiger partial charge in [-0.05, 0) is 84.6 Å². The van der Waals surface area contributed by atoms with Gasteiger partial charge >= 0.3 is 5.97 Å². The van der Waals surface area contributed by atoms with Crippen molar-refractivity contribution in [2.45, 2.75) is 56.4 Å². The maximum atomic E-state index is 13.4. The molecule has 0 atom stereocenters. The molecule has 2 spiro atoms. The Bertz CT molecular complexity index is 1230. The zero-order valence-corrected chi connectivity index (χ0v) is 20.1. The van der Waals surface area contributed by atoms with E-state index in [1.807, 2.05) is 24.3 Å². The molecule has 0 bridgehead atoms. The maximum Gasteiger partial charge on any atom is 0.338 e. The summed E-state index contributed by atoms with van der Waals surface area (Å²) in [4.78, 5) is 12.7. The van der Waals surface area contributed by atoms with Crippen LogP contribution in [-0.2, 0) is 27.7 Å². The van der Waals surface area contributed by atoms with Gasteiger partial charge in [0, 0.05) is 13.1 Å². The molecule has 4 aliphatic rings. The number of ether oxygens (including phenoxy) is 1. The molecule has 0 saturated heterocycles. The van der Waals surface area contributed by atoms with Gasteiger partial charge in [-0.3, -0.25) is 0 Å². The average molecular weight is 486 g/mol. The van der Waals surface area contributed by atoms with Gasteiger partial charge in [0.25, 0.3) is 0 Å². The quantitative estimate of drug-likeness (QED) is 0.545. The molecule has 0 unspecified atom stereocenters. The number of hydrogen-bond donors (Lipinski definition) is 0. The molecule has 33 heavy (non-hydrogen) atoms. The molecule has 0 N–H and O–H groups in total. The Kier molecular flexibility index (Phi) is 4.95. The van der Waals surface area contributed by atoms with Crippen LogP contribution in [0.2, 0.25) is 5.02 Å². The van der Waals surface area contributed by atoms with Gasteiger partial charge in [0.05, 0.1) is 17.2 Å². The van der Waals surface area contributed by atoms with E-state index in [4.69, 9.17) is 16.3 Å². The fourth-order valence-corrected chi connectivity index (χ4v) is 8.49. The molecule has 3 fully saturated rings. The Morgan fingerprint density at radius 1 is 1.09 bits per heavy atom. The number of carbonyl (C=O) groups excluding carboxylic acids is 1. The number of fused-ring (bicyclic) bond motifs is 2. The molecule has 174 valence electrons. The summed E-state index contributed by atoms with van der Waals surface area (Å²) < 4.78 is 33.8. The summed E-state index contributed by atoms with van der Waals surface area (Å²) in [6.07, 6.45) is 8.47. The van der Waals surface area contributed by atoms with Crippen LogP contribution < -0.4 is 0 Å². The van der Waals surface area contributed by atoms with Crippen molar-refractivity contribution in [2.75, 3.05) is 13.2 Å². The lowest BCUT2D eigenvalue weighted by molar-refractivity contribution is 0.00753. The summed E-state index contributed by atoms with van der Waals surface area (Å²) >= 11 is 6.29. The van der Waals surface area contributed by atoms with Gasteiger partial charge in [0.2, 0.25) is 10.0 Å². The smallest absolute Gasteiger partial charge is 0.338 e. The fourth-order valence-electron chi connectivity index (χ4n) is 6.57. The van der Waals surface area contributed by atoms with Gasteiger partial charge < -0.3 is 4.74 Å². The molecule has 2 aromatic rings. The highest BCUT2D eigenvalue weighted by Gasteiger charge is 2.73. The Labute approximate surface area is 200 Å². The first-order valence-electron chi connectivity index (χ1n) is 11.9. The van der Waals surface area contributed by atoms with Crippen molar-refractivity contribution < 1.29 is 17.9 Å². The lowest BCUT2D eigenvalue weighted by atomic mass is 9.62. The summed E-state index contributed by atoms with van der Waals surface area (Å²) in [7, 11) is -3.84. The molecule has 1 heterocycles. The second-order valence-electron chi connectivity index (χ2n) is 10.5. The minimum atomic E-state index is -3.84. The van der Waals surface area contributed by atoms with E-state index in [1.54, 1.807) is 6.07 Å². The minimum Gasteiger partial charge on any atom is -0.462 e. The summed E-state index contributed by atoms with van der Waals surface area (Å²) in [5, 5.41) is 0.117. The Morgan fingerprint density at radius 3 is 2.55 bits per heavy atom. The SMILES string of the molecule is O=C(OCC1CC2(C1)CC21CCC1)c1ccc(Cl)c(S(=O)(=O)N2CCc3ccccc3C2)c1. The van der Waals surface area contributed by atoms with E-state index < -0.39 is 16.0 Å². The number of sulfonamides is 1. The minimum absolute atomic E-state index is 0.0366. The van der Waals surface area contributed by atoms with Gasteiger partial charge in [-0.15, -0.1) is 0 Å². The predicted octanol–water partition coefficient (Wildman–Crippen LogP) is 5.21. The van der Waals surface area contributed by atoms with Crippen molar-refractivity contribution in [3.63, 3.8) is 0 Å². The zero-order valence-electron chi connectivity index (χ0n) is 18.6. The molecule has 5 nitrogen and oxygen atoms in total. The second-order valence-corrected chi connectivity index (χ2v) is 12.8. The third-order valence-corrected chi connectivity index (χ3v) is 11.0. The molecule has 0 amide bonds. The Morgan fingerprint density at radius 2 is 1.85 bits per heavy atom. The lowest BCUT2D eigenvalue weighted by Crippen LogP contribution is -2.36. The summed E-state index contributed by atoms with van der Waals surface area (Å²) in [6.45, 7) is 1.09. The first kappa shape index (κ1) is 21.6. The fraction of sp³-hybridized carbons (Fsp3) is 0.500. The van der Waals surface area contributed by atoms with Crippen LogP contribution in [0.3, 0.4) is 0 Å². The van der Waals surface area contributed by atoms with Gasteiger partial charge in [-0.2, -0.15) is 4.31 Å².